The lowest BCUT2D eigenvalue weighted by Gasteiger charge is -2.03. The first kappa shape index (κ1) is 13.2. The van der Waals surface area contributed by atoms with Gasteiger partial charge in [0.1, 0.15) is 0 Å². The number of sulfone groups is 1. The molecule has 0 aliphatic rings. The minimum atomic E-state index is -3.06. The molecule has 0 heterocycles. The summed E-state index contributed by atoms with van der Waals surface area (Å²) >= 11 is 5.43. The lowest BCUT2D eigenvalue weighted by atomic mass is 10.5. The highest BCUT2D eigenvalue weighted by Gasteiger charge is 2.08. The highest BCUT2D eigenvalue weighted by molar-refractivity contribution is 7.91. The Labute approximate surface area is 84.2 Å². The van der Waals surface area contributed by atoms with Crippen molar-refractivity contribution in [1.29, 1.82) is 0 Å². The summed E-state index contributed by atoms with van der Waals surface area (Å²) in [7, 11) is -3.06. The number of hydrogen-bond acceptors (Lipinski definition) is 4. The van der Waals surface area contributed by atoms with E-state index in [1.54, 1.807) is 0 Å². The lowest BCUT2D eigenvalue weighted by Crippen LogP contribution is -2.26. The zero-order valence-corrected chi connectivity index (χ0v) is 9.07. The molecule has 0 aromatic carbocycles. The smallest absolute Gasteiger partial charge is 0.153 e. The molecule has 0 saturated heterocycles. The molecule has 0 saturated carbocycles. The van der Waals surface area contributed by atoms with Crippen LogP contribution in [0, 0.1) is 0 Å². The molecule has 0 unspecified atom stereocenters. The number of aliphatic hydroxyl groups is 1. The molecule has 0 aliphatic carbocycles. The van der Waals surface area contributed by atoms with Crippen LogP contribution in [0.1, 0.15) is 6.42 Å². The van der Waals surface area contributed by atoms with Crippen molar-refractivity contribution in [3.05, 3.63) is 0 Å². The molecule has 0 aliphatic heterocycles. The summed E-state index contributed by atoms with van der Waals surface area (Å²) in [6, 6.07) is 0. The van der Waals surface area contributed by atoms with Crippen LogP contribution in [0.4, 0.5) is 0 Å². The van der Waals surface area contributed by atoms with Crippen LogP contribution >= 0.6 is 11.6 Å². The van der Waals surface area contributed by atoms with Crippen molar-refractivity contribution in [2.75, 3.05) is 37.1 Å². The molecule has 0 radical (unpaired) electrons. The molecule has 2 N–H and O–H groups in total. The Hall–Kier alpha value is 0.160. The maximum Gasteiger partial charge on any atom is 0.153 e. The maximum absolute atomic E-state index is 11.0. The van der Waals surface area contributed by atoms with Crippen molar-refractivity contribution in [1.82, 2.24) is 5.32 Å². The monoisotopic (exact) mass is 229 g/mol. The van der Waals surface area contributed by atoms with Crippen LogP contribution in [0.2, 0.25) is 0 Å². The molecule has 0 fully saturated rings. The van der Waals surface area contributed by atoms with E-state index in [2.05, 4.69) is 5.32 Å². The van der Waals surface area contributed by atoms with E-state index in [0.29, 0.717) is 12.4 Å². The molecule has 0 spiro atoms. The molecule has 4 nitrogen and oxygen atoms in total. The van der Waals surface area contributed by atoms with E-state index in [-0.39, 0.29) is 18.1 Å². The number of hydrogen-bond donors (Lipinski definition) is 2. The molecular formula is C7H16ClNO3S. The second kappa shape index (κ2) is 7.55. The Bertz CT molecular complexity index is 206. The average Bonchev–Trinajstić information content (AvgIpc) is 2.04. The van der Waals surface area contributed by atoms with Gasteiger partial charge in [-0.2, -0.15) is 0 Å². The third kappa shape index (κ3) is 8.49. The summed E-state index contributed by atoms with van der Waals surface area (Å²) < 4.78 is 22.1. The maximum atomic E-state index is 11.0. The molecule has 13 heavy (non-hydrogen) atoms. The minimum absolute atomic E-state index is 0.0792. The summed E-state index contributed by atoms with van der Waals surface area (Å²) in [6.07, 6.45) is 0.835. The van der Waals surface area contributed by atoms with Gasteiger partial charge in [0.05, 0.1) is 18.1 Å². The molecule has 80 valence electrons. The zero-order chi connectivity index (χ0) is 10.2. The molecule has 0 bridgehead atoms. The summed E-state index contributed by atoms with van der Waals surface area (Å²) in [5, 5.41) is 11.4. The van der Waals surface area contributed by atoms with Gasteiger partial charge in [-0.25, -0.2) is 8.42 Å². The lowest BCUT2D eigenvalue weighted by molar-refractivity contribution is 0.319. The van der Waals surface area contributed by atoms with Gasteiger partial charge in [0, 0.05) is 12.4 Å². The average molecular weight is 230 g/mol. The Morgan fingerprint density at radius 2 is 1.92 bits per heavy atom. The minimum Gasteiger partial charge on any atom is -0.395 e. The first-order valence-corrected chi connectivity index (χ1v) is 6.56. The fourth-order valence-corrected chi connectivity index (χ4v) is 1.86. The van der Waals surface area contributed by atoms with E-state index in [4.69, 9.17) is 16.7 Å². The van der Waals surface area contributed by atoms with Crippen LogP contribution in [0.3, 0.4) is 0 Å². The van der Waals surface area contributed by atoms with Crippen molar-refractivity contribution >= 4 is 21.4 Å². The van der Waals surface area contributed by atoms with E-state index in [0.717, 1.165) is 13.0 Å². The molecule has 0 amide bonds. The summed E-state index contributed by atoms with van der Waals surface area (Å²) in [6.45, 7) is 0.862. The quantitative estimate of drug-likeness (QED) is 0.440. The van der Waals surface area contributed by atoms with E-state index < -0.39 is 9.84 Å². The normalized spacial score (nSPS) is 11.8. The Balaban J connectivity index is 3.41. The van der Waals surface area contributed by atoms with Crippen LogP contribution in [-0.2, 0) is 9.84 Å². The van der Waals surface area contributed by atoms with Gasteiger partial charge in [0.25, 0.3) is 0 Å². The molecule has 0 aromatic rings. The number of rotatable bonds is 8. The molecular weight excluding hydrogens is 214 g/mol. The standard InChI is InChI=1S/C7H16ClNO3S/c8-2-1-3-9-4-6-13(11,12)7-5-10/h9-10H,1-7H2. The van der Waals surface area contributed by atoms with Gasteiger partial charge in [-0.05, 0) is 13.0 Å². The Morgan fingerprint density at radius 3 is 2.46 bits per heavy atom. The van der Waals surface area contributed by atoms with Gasteiger partial charge < -0.3 is 10.4 Å². The van der Waals surface area contributed by atoms with Gasteiger partial charge in [0.15, 0.2) is 9.84 Å². The second-order valence-electron chi connectivity index (χ2n) is 2.67. The van der Waals surface area contributed by atoms with E-state index >= 15 is 0 Å². The highest BCUT2D eigenvalue weighted by Crippen LogP contribution is 1.88. The fraction of sp³-hybridized carbons (Fsp3) is 1.00. The van der Waals surface area contributed by atoms with Crippen molar-refractivity contribution in [2.45, 2.75) is 6.42 Å². The molecule has 0 rings (SSSR count). The van der Waals surface area contributed by atoms with Crippen LogP contribution < -0.4 is 5.32 Å². The van der Waals surface area contributed by atoms with E-state index in [1.807, 2.05) is 0 Å². The third-order valence-corrected chi connectivity index (χ3v) is 3.38. The zero-order valence-electron chi connectivity index (χ0n) is 7.50. The van der Waals surface area contributed by atoms with Gasteiger partial charge in [-0.15, -0.1) is 11.6 Å². The van der Waals surface area contributed by atoms with Crippen LogP contribution in [-0.4, -0.2) is 50.6 Å². The van der Waals surface area contributed by atoms with Gasteiger partial charge in [0.2, 0.25) is 0 Å². The summed E-state index contributed by atoms with van der Waals surface area (Å²) in [5.41, 5.74) is 0. The second-order valence-corrected chi connectivity index (χ2v) is 5.35. The predicted octanol–water partition coefficient (Wildman–Crippen LogP) is -0.388. The highest BCUT2D eigenvalue weighted by atomic mass is 35.5. The first-order valence-electron chi connectivity index (χ1n) is 4.20. The fourth-order valence-electron chi connectivity index (χ4n) is 0.786. The van der Waals surface area contributed by atoms with Crippen LogP contribution in [0.25, 0.3) is 0 Å². The van der Waals surface area contributed by atoms with Crippen molar-refractivity contribution in [3.8, 4) is 0 Å². The molecule has 0 aromatic heterocycles. The van der Waals surface area contributed by atoms with Crippen LogP contribution in [0.5, 0.6) is 0 Å². The molecule has 0 atom stereocenters. The SMILES string of the molecule is O=S(=O)(CCO)CCNCCCCl. The first-order chi connectivity index (χ1) is 6.12. The number of aliphatic hydroxyl groups excluding tert-OH is 1. The van der Waals surface area contributed by atoms with Gasteiger partial charge >= 0.3 is 0 Å². The van der Waals surface area contributed by atoms with Crippen molar-refractivity contribution in [2.24, 2.45) is 0 Å². The van der Waals surface area contributed by atoms with Gasteiger partial charge in [-0.3, -0.25) is 0 Å². The number of halogens is 1. The predicted molar refractivity (Wildman–Crippen MR) is 53.9 cm³/mol. The Morgan fingerprint density at radius 1 is 1.23 bits per heavy atom. The number of nitrogens with one attached hydrogen (secondary N) is 1. The number of alkyl halides is 1. The third-order valence-electron chi connectivity index (χ3n) is 1.48. The largest absolute Gasteiger partial charge is 0.395 e. The molecule has 6 heteroatoms. The van der Waals surface area contributed by atoms with E-state index in [1.165, 1.54) is 0 Å². The topological polar surface area (TPSA) is 66.4 Å². The summed E-state index contributed by atoms with van der Waals surface area (Å²) in [4.78, 5) is 0. The van der Waals surface area contributed by atoms with Crippen LogP contribution in [0.15, 0.2) is 0 Å². The van der Waals surface area contributed by atoms with Gasteiger partial charge in [-0.1, -0.05) is 0 Å². The Kier molecular flexibility index (Phi) is 7.65. The summed E-state index contributed by atoms with van der Waals surface area (Å²) in [5.74, 6) is 0.510. The van der Waals surface area contributed by atoms with Crippen molar-refractivity contribution in [3.63, 3.8) is 0 Å². The van der Waals surface area contributed by atoms with Crippen molar-refractivity contribution < 1.29 is 13.5 Å². The van der Waals surface area contributed by atoms with E-state index in [9.17, 15) is 8.42 Å².